The summed E-state index contributed by atoms with van der Waals surface area (Å²) in [6.07, 6.45) is 0.582. The molecule has 2 heterocycles. The topological polar surface area (TPSA) is 103 Å². The molecule has 2 fully saturated rings. The number of ether oxygens (including phenoxy) is 1. The van der Waals surface area contributed by atoms with Crippen LogP contribution in [0.25, 0.3) is 0 Å². The first kappa shape index (κ1) is 15.1. The van der Waals surface area contributed by atoms with Gasteiger partial charge in [0.15, 0.2) is 0 Å². The van der Waals surface area contributed by atoms with Gasteiger partial charge in [0, 0.05) is 13.1 Å². The van der Waals surface area contributed by atoms with Gasteiger partial charge >= 0.3 is 0 Å². The van der Waals surface area contributed by atoms with Crippen molar-refractivity contribution < 1.29 is 30.0 Å². The Balaban J connectivity index is 2.05. The molecule has 19 heavy (non-hydrogen) atoms. The third-order valence-corrected chi connectivity index (χ3v) is 3.75. The third-order valence-electron chi connectivity index (χ3n) is 3.75. The number of hydrogen-bond donors (Lipinski definition) is 4. The summed E-state index contributed by atoms with van der Waals surface area (Å²) in [7, 11) is 0. The first-order valence-electron chi connectivity index (χ1n) is 6.82. The summed E-state index contributed by atoms with van der Waals surface area (Å²) in [4.78, 5) is 5.62. The highest BCUT2D eigenvalue weighted by molar-refractivity contribution is 4.96. The van der Waals surface area contributed by atoms with E-state index in [1.54, 1.807) is 5.06 Å². The number of hydroxylamine groups is 2. The molecule has 0 saturated carbocycles. The molecule has 0 unspecified atom stereocenters. The van der Waals surface area contributed by atoms with E-state index in [-0.39, 0.29) is 0 Å². The fraction of sp³-hybridized carbons (Fsp3) is 1.00. The molecule has 2 rings (SSSR count). The summed E-state index contributed by atoms with van der Waals surface area (Å²) in [6, 6.07) is 0. The molecule has 0 aromatic heterocycles. The molecule has 7 heteroatoms. The first-order valence-corrected chi connectivity index (χ1v) is 6.82. The van der Waals surface area contributed by atoms with E-state index < -0.39 is 37.3 Å². The molecule has 2 aliphatic heterocycles. The molecular weight excluding hydrogens is 254 g/mol. The Bertz CT molecular complexity index is 283. The molecule has 0 bridgehead atoms. The molecule has 0 spiro atoms. The van der Waals surface area contributed by atoms with Crippen molar-refractivity contribution in [3.05, 3.63) is 0 Å². The fourth-order valence-corrected chi connectivity index (χ4v) is 2.59. The molecule has 4 atom stereocenters. The number of rotatable bonds is 4. The van der Waals surface area contributed by atoms with E-state index in [1.807, 2.05) is 0 Å². The van der Waals surface area contributed by atoms with Crippen molar-refractivity contribution in [1.82, 2.24) is 5.06 Å². The van der Waals surface area contributed by atoms with Crippen LogP contribution in [-0.4, -0.2) is 75.9 Å². The Morgan fingerprint density at radius 1 is 1.11 bits per heavy atom. The largest absolute Gasteiger partial charge is 0.394 e. The molecule has 0 aliphatic carbocycles. The van der Waals surface area contributed by atoms with E-state index in [1.165, 1.54) is 0 Å². The van der Waals surface area contributed by atoms with Crippen LogP contribution < -0.4 is 0 Å². The van der Waals surface area contributed by atoms with E-state index >= 15 is 0 Å². The summed E-state index contributed by atoms with van der Waals surface area (Å²) < 4.78 is 5.35. The maximum Gasteiger partial charge on any atom is 0.240 e. The summed E-state index contributed by atoms with van der Waals surface area (Å²) >= 11 is 0. The molecular formula is C12H23NO6. The van der Waals surface area contributed by atoms with Crippen molar-refractivity contribution in [2.45, 2.75) is 49.8 Å². The molecule has 0 radical (unpaired) electrons. The van der Waals surface area contributed by atoms with Crippen LogP contribution >= 0.6 is 0 Å². The van der Waals surface area contributed by atoms with Crippen molar-refractivity contribution in [3.63, 3.8) is 0 Å². The number of nitrogens with zero attached hydrogens (tertiary/aromatic N) is 1. The van der Waals surface area contributed by atoms with Crippen LogP contribution in [-0.2, 0) is 9.57 Å². The molecule has 2 saturated heterocycles. The zero-order chi connectivity index (χ0) is 13.9. The number of aliphatic hydroxyl groups excluding tert-OH is 4. The first-order chi connectivity index (χ1) is 9.13. The van der Waals surface area contributed by atoms with Gasteiger partial charge in [0.2, 0.25) is 5.79 Å². The minimum atomic E-state index is -1.68. The van der Waals surface area contributed by atoms with Crippen LogP contribution in [0.1, 0.15) is 25.7 Å². The predicted molar refractivity (Wildman–Crippen MR) is 64.9 cm³/mol. The second-order valence-corrected chi connectivity index (χ2v) is 5.18. The molecule has 2 aliphatic rings. The van der Waals surface area contributed by atoms with Gasteiger partial charge in [0.1, 0.15) is 24.9 Å². The smallest absolute Gasteiger partial charge is 0.240 e. The minimum Gasteiger partial charge on any atom is -0.394 e. The number of hydrogen-bond acceptors (Lipinski definition) is 7. The standard InChI is InChI=1S/C12H23NO6/c14-7-9-10(16)11(17)12(8-15,18-9)19-13-5-3-1-2-4-6-13/h9-11,14-17H,1-8H2/t9-,10+,11-,12-/m1/s1. The van der Waals surface area contributed by atoms with Crippen molar-refractivity contribution >= 4 is 0 Å². The summed E-state index contributed by atoms with van der Waals surface area (Å²) in [5, 5.41) is 40.0. The Morgan fingerprint density at radius 2 is 1.74 bits per heavy atom. The quantitative estimate of drug-likeness (QED) is 0.501. The van der Waals surface area contributed by atoms with Crippen LogP contribution in [0.15, 0.2) is 0 Å². The average molecular weight is 277 g/mol. The molecule has 112 valence electrons. The molecule has 4 N–H and O–H groups in total. The lowest BCUT2D eigenvalue weighted by Gasteiger charge is -2.34. The highest BCUT2D eigenvalue weighted by Gasteiger charge is 2.56. The van der Waals surface area contributed by atoms with Gasteiger partial charge in [-0.25, -0.2) is 0 Å². The second-order valence-electron chi connectivity index (χ2n) is 5.18. The minimum absolute atomic E-state index is 0.441. The van der Waals surface area contributed by atoms with E-state index in [4.69, 9.17) is 14.7 Å². The van der Waals surface area contributed by atoms with Crippen LogP contribution in [0.2, 0.25) is 0 Å². The van der Waals surface area contributed by atoms with Gasteiger partial charge < -0.3 is 25.2 Å². The van der Waals surface area contributed by atoms with Gasteiger partial charge in [-0.05, 0) is 12.8 Å². The second kappa shape index (κ2) is 6.45. The van der Waals surface area contributed by atoms with E-state index in [0.717, 1.165) is 25.7 Å². The van der Waals surface area contributed by atoms with Crippen molar-refractivity contribution in [3.8, 4) is 0 Å². The molecule has 0 aromatic carbocycles. The maximum atomic E-state index is 10.0. The lowest BCUT2D eigenvalue weighted by Crippen LogP contribution is -2.52. The SMILES string of the molecule is OC[C@H]1O[C@](CO)(ON2CCCCCC2)[C@H](O)[C@H]1O. The summed E-state index contributed by atoms with van der Waals surface area (Å²) in [6.45, 7) is 0.358. The Labute approximate surface area is 112 Å². The van der Waals surface area contributed by atoms with Crippen molar-refractivity contribution in [1.29, 1.82) is 0 Å². The van der Waals surface area contributed by atoms with Gasteiger partial charge in [0.25, 0.3) is 0 Å². The van der Waals surface area contributed by atoms with Gasteiger partial charge in [-0.1, -0.05) is 12.8 Å². The summed E-state index contributed by atoms with van der Waals surface area (Å²) in [5.74, 6) is -1.68. The van der Waals surface area contributed by atoms with Crippen LogP contribution in [0.3, 0.4) is 0 Å². The Morgan fingerprint density at radius 3 is 2.21 bits per heavy atom. The van der Waals surface area contributed by atoms with Crippen LogP contribution in [0.4, 0.5) is 0 Å². The zero-order valence-electron chi connectivity index (χ0n) is 10.9. The predicted octanol–water partition coefficient (Wildman–Crippen LogP) is -1.40. The number of aliphatic hydroxyl groups is 4. The van der Waals surface area contributed by atoms with Gasteiger partial charge in [-0.3, -0.25) is 4.84 Å². The fourth-order valence-electron chi connectivity index (χ4n) is 2.59. The highest BCUT2D eigenvalue weighted by Crippen LogP contribution is 2.33. The zero-order valence-corrected chi connectivity index (χ0v) is 10.9. The Kier molecular flexibility index (Phi) is 5.13. The van der Waals surface area contributed by atoms with Gasteiger partial charge in [-0.15, -0.1) is 0 Å². The molecule has 0 amide bonds. The van der Waals surface area contributed by atoms with Crippen molar-refractivity contribution in [2.75, 3.05) is 26.3 Å². The average Bonchev–Trinajstić information content (AvgIpc) is 2.63. The molecule has 7 nitrogen and oxygen atoms in total. The lowest BCUT2D eigenvalue weighted by atomic mass is 10.1. The van der Waals surface area contributed by atoms with Crippen molar-refractivity contribution in [2.24, 2.45) is 0 Å². The normalized spacial score (nSPS) is 41.4. The Hall–Kier alpha value is -0.280. The van der Waals surface area contributed by atoms with E-state index in [9.17, 15) is 15.3 Å². The monoisotopic (exact) mass is 277 g/mol. The van der Waals surface area contributed by atoms with E-state index in [2.05, 4.69) is 0 Å². The van der Waals surface area contributed by atoms with Crippen LogP contribution in [0, 0.1) is 0 Å². The highest BCUT2D eigenvalue weighted by atomic mass is 16.8. The van der Waals surface area contributed by atoms with Gasteiger partial charge in [0.05, 0.1) is 6.61 Å². The van der Waals surface area contributed by atoms with Crippen LogP contribution in [0.5, 0.6) is 0 Å². The van der Waals surface area contributed by atoms with E-state index in [0.29, 0.717) is 13.1 Å². The third kappa shape index (κ3) is 3.08. The lowest BCUT2D eigenvalue weighted by molar-refractivity contribution is -0.368. The summed E-state index contributed by atoms with van der Waals surface area (Å²) in [5.41, 5.74) is 0. The van der Waals surface area contributed by atoms with Gasteiger partial charge in [-0.2, -0.15) is 5.06 Å². The maximum absolute atomic E-state index is 10.0. The molecule has 0 aromatic rings.